The van der Waals surface area contributed by atoms with Crippen LogP contribution in [0.2, 0.25) is 5.15 Å². The number of nitrogens with zero attached hydrogens (tertiary/aromatic N) is 3. The Bertz CT molecular complexity index is 1020. The van der Waals surface area contributed by atoms with Crippen LogP contribution < -0.4 is 10.9 Å². The summed E-state index contributed by atoms with van der Waals surface area (Å²) in [5, 5.41) is 3.41. The van der Waals surface area contributed by atoms with Crippen molar-refractivity contribution in [1.82, 2.24) is 14.5 Å². The summed E-state index contributed by atoms with van der Waals surface area (Å²) in [5.74, 6) is -0.312. The highest BCUT2D eigenvalue weighted by molar-refractivity contribution is 6.30. The van der Waals surface area contributed by atoms with E-state index in [-0.39, 0.29) is 29.7 Å². The molecule has 1 unspecified atom stereocenters. The molecule has 1 aliphatic heterocycles. The maximum atomic E-state index is 13.0. The van der Waals surface area contributed by atoms with Crippen LogP contribution in [-0.2, 0) is 22.7 Å². The lowest BCUT2D eigenvalue weighted by atomic mass is 10.1. The lowest BCUT2D eigenvalue weighted by Gasteiger charge is -2.27. The topological polar surface area (TPSA) is 76.5 Å². The molecule has 0 radical (unpaired) electrons. The minimum Gasteiger partial charge on any atom is -0.459 e. The van der Waals surface area contributed by atoms with E-state index in [9.17, 15) is 9.59 Å². The van der Waals surface area contributed by atoms with Gasteiger partial charge in [0.05, 0.1) is 5.69 Å². The van der Waals surface area contributed by atoms with Crippen molar-refractivity contribution >= 4 is 23.4 Å². The van der Waals surface area contributed by atoms with Crippen molar-refractivity contribution in [3.63, 3.8) is 0 Å². The zero-order valence-electron chi connectivity index (χ0n) is 18.8. The van der Waals surface area contributed by atoms with Gasteiger partial charge >= 0.3 is 5.97 Å². The molecular formula is C24H31ClN4O3. The van der Waals surface area contributed by atoms with Gasteiger partial charge in [-0.15, -0.1) is 0 Å². The van der Waals surface area contributed by atoms with E-state index in [0.717, 1.165) is 25.1 Å². The van der Waals surface area contributed by atoms with Gasteiger partial charge < -0.3 is 10.1 Å². The summed E-state index contributed by atoms with van der Waals surface area (Å²) in [4.78, 5) is 32.2. The van der Waals surface area contributed by atoms with Gasteiger partial charge in [-0.1, -0.05) is 48.9 Å². The molecule has 4 rings (SSSR count). The quantitative estimate of drug-likeness (QED) is 0.578. The number of halogens is 1. The Morgan fingerprint density at radius 2 is 2.06 bits per heavy atom. The second kappa shape index (κ2) is 9.63. The maximum absolute atomic E-state index is 13.0. The highest BCUT2D eigenvalue weighted by Gasteiger charge is 2.41. The Hall–Kier alpha value is -2.38. The van der Waals surface area contributed by atoms with Crippen molar-refractivity contribution in [2.75, 3.05) is 25.0 Å². The zero-order valence-corrected chi connectivity index (χ0v) is 19.5. The molecule has 1 aromatic carbocycles. The highest BCUT2D eigenvalue weighted by Crippen LogP contribution is 2.46. The number of carbonyl (C=O) groups is 1. The van der Waals surface area contributed by atoms with Crippen molar-refractivity contribution in [2.45, 2.75) is 58.7 Å². The summed E-state index contributed by atoms with van der Waals surface area (Å²) in [6.07, 6.45) is 4.86. The molecule has 0 amide bonds. The molecule has 2 aliphatic rings. The number of anilines is 1. The Balaban J connectivity index is 1.40. The molecule has 2 aromatic rings. The van der Waals surface area contributed by atoms with E-state index in [1.165, 1.54) is 23.8 Å². The zero-order chi connectivity index (χ0) is 22.7. The monoisotopic (exact) mass is 458 g/mol. The third-order valence-corrected chi connectivity index (χ3v) is 6.94. The van der Waals surface area contributed by atoms with Crippen molar-refractivity contribution in [3.05, 3.63) is 57.1 Å². The first-order valence-electron chi connectivity index (χ1n) is 11.3. The number of benzene rings is 1. The molecule has 1 N–H and O–H groups in total. The summed E-state index contributed by atoms with van der Waals surface area (Å²) in [5.41, 5.74) is 1.44. The molecular weight excluding hydrogens is 428 g/mol. The minimum atomic E-state index is -0.494. The standard InChI is InChI=1S/C24H31ClN4O3/c1-17-21(25)27-22(26-13-19-9-6-12-28(19)16-24(2)10-11-24)23(31)29(17)14-20(30)32-15-18-7-4-3-5-8-18/h3-5,7-8,19H,6,9-16H2,1-2H3,(H,26,27). The number of hydrogen-bond donors (Lipinski definition) is 1. The molecule has 1 aromatic heterocycles. The van der Waals surface area contributed by atoms with Crippen molar-refractivity contribution in [2.24, 2.45) is 5.41 Å². The predicted molar refractivity (Wildman–Crippen MR) is 125 cm³/mol. The molecule has 32 heavy (non-hydrogen) atoms. The fraction of sp³-hybridized carbons (Fsp3) is 0.542. The first-order valence-corrected chi connectivity index (χ1v) is 11.7. The third-order valence-electron chi connectivity index (χ3n) is 6.58. The van der Waals surface area contributed by atoms with Crippen molar-refractivity contribution in [3.8, 4) is 0 Å². The van der Waals surface area contributed by atoms with E-state index in [2.05, 4.69) is 22.1 Å². The molecule has 8 heteroatoms. The van der Waals surface area contributed by atoms with Crippen LogP contribution in [0.4, 0.5) is 5.82 Å². The molecule has 7 nitrogen and oxygen atoms in total. The number of rotatable bonds is 9. The normalized spacial score (nSPS) is 19.7. The maximum Gasteiger partial charge on any atom is 0.326 e. The molecule has 1 atom stereocenters. The first-order chi connectivity index (χ1) is 15.3. The molecule has 1 aliphatic carbocycles. The second-order valence-corrected chi connectivity index (χ2v) is 9.69. The third kappa shape index (κ3) is 5.51. The molecule has 0 spiro atoms. The summed E-state index contributed by atoms with van der Waals surface area (Å²) in [6, 6.07) is 9.80. The molecule has 2 heterocycles. The van der Waals surface area contributed by atoms with Gasteiger partial charge in [-0.25, -0.2) is 4.98 Å². The van der Waals surface area contributed by atoms with Crippen molar-refractivity contribution < 1.29 is 9.53 Å². The van der Waals surface area contributed by atoms with E-state index in [1.54, 1.807) is 6.92 Å². The minimum absolute atomic E-state index is 0.161. The predicted octanol–water partition coefficient (Wildman–Crippen LogP) is 3.62. The first kappa shape index (κ1) is 22.8. The lowest BCUT2D eigenvalue weighted by Crippen LogP contribution is -2.39. The Morgan fingerprint density at radius 3 is 2.78 bits per heavy atom. The van der Waals surface area contributed by atoms with Crippen LogP contribution in [0.1, 0.15) is 43.9 Å². The molecule has 172 valence electrons. The summed E-state index contributed by atoms with van der Waals surface area (Å²) < 4.78 is 6.68. The van der Waals surface area contributed by atoms with Crippen LogP contribution in [0.3, 0.4) is 0 Å². The molecule has 1 saturated carbocycles. The average Bonchev–Trinajstić information content (AvgIpc) is 3.35. The number of hydrogen-bond acceptors (Lipinski definition) is 6. The number of esters is 1. The molecule has 2 fully saturated rings. The lowest BCUT2D eigenvalue weighted by molar-refractivity contribution is -0.145. The van der Waals surface area contributed by atoms with E-state index in [1.807, 2.05) is 30.3 Å². The smallest absolute Gasteiger partial charge is 0.326 e. The van der Waals surface area contributed by atoms with Gasteiger partial charge in [0.15, 0.2) is 11.0 Å². The van der Waals surface area contributed by atoms with E-state index in [4.69, 9.17) is 16.3 Å². The Labute approximate surface area is 193 Å². The van der Waals surface area contributed by atoms with Crippen molar-refractivity contribution in [1.29, 1.82) is 0 Å². The number of likely N-dealkylation sites (tertiary alicyclic amines) is 1. The van der Waals surface area contributed by atoms with Gasteiger partial charge in [0.25, 0.3) is 5.56 Å². The van der Waals surface area contributed by atoms with E-state index in [0.29, 0.717) is 23.7 Å². The van der Waals surface area contributed by atoms with Gasteiger partial charge in [-0.3, -0.25) is 19.1 Å². The van der Waals surface area contributed by atoms with Crippen LogP contribution in [0.5, 0.6) is 0 Å². The fourth-order valence-corrected chi connectivity index (χ4v) is 4.43. The van der Waals surface area contributed by atoms with Gasteiger partial charge in [0.1, 0.15) is 13.2 Å². The van der Waals surface area contributed by atoms with Gasteiger partial charge in [0.2, 0.25) is 0 Å². The number of nitrogens with one attached hydrogen (secondary N) is 1. The van der Waals surface area contributed by atoms with Crippen LogP contribution in [0.25, 0.3) is 0 Å². The van der Waals surface area contributed by atoms with Crippen LogP contribution >= 0.6 is 11.6 Å². The van der Waals surface area contributed by atoms with Gasteiger partial charge in [-0.2, -0.15) is 0 Å². The fourth-order valence-electron chi connectivity index (χ4n) is 4.25. The summed E-state index contributed by atoms with van der Waals surface area (Å²) in [7, 11) is 0. The second-order valence-electron chi connectivity index (χ2n) is 9.33. The van der Waals surface area contributed by atoms with Crippen LogP contribution in [0.15, 0.2) is 35.1 Å². The number of aromatic nitrogens is 2. The Kier molecular flexibility index (Phi) is 6.86. The van der Waals surface area contributed by atoms with E-state index < -0.39 is 5.97 Å². The average molecular weight is 459 g/mol. The summed E-state index contributed by atoms with van der Waals surface area (Å²) >= 11 is 6.29. The Morgan fingerprint density at radius 1 is 1.31 bits per heavy atom. The van der Waals surface area contributed by atoms with Crippen LogP contribution in [0, 0.1) is 12.3 Å². The largest absolute Gasteiger partial charge is 0.459 e. The summed E-state index contributed by atoms with van der Waals surface area (Å²) in [6.45, 7) is 6.82. The van der Waals surface area contributed by atoms with Gasteiger partial charge in [0, 0.05) is 19.1 Å². The highest BCUT2D eigenvalue weighted by atomic mass is 35.5. The van der Waals surface area contributed by atoms with Gasteiger partial charge in [-0.05, 0) is 50.1 Å². The molecule has 0 bridgehead atoms. The SMILES string of the molecule is Cc1c(Cl)nc(NCC2CCCN2CC2(C)CC2)c(=O)n1CC(=O)OCc1ccccc1. The number of ether oxygens (including phenoxy) is 1. The van der Waals surface area contributed by atoms with E-state index >= 15 is 0 Å². The number of carbonyl (C=O) groups excluding carboxylic acids is 1. The molecule has 1 saturated heterocycles. The van der Waals surface area contributed by atoms with Crippen LogP contribution in [-0.4, -0.2) is 46.1 Å².